The average molecular weight is 463 g/mol. The fourth-order valence-electron chi connectivity index (χ4n) is 4.16. The van der Waals surface area contributed by atoms with Gasteiger partial charge in [-0.25, -0.2) is 4.98 Å². The smallest absolute Gasteiger partial charge is 0.273 e. The zero-order valence-electron chi connectivity index (χ0n) is 19.4. The molecular formula is C26H30N4O2S. The van der Waals surface area contributed by atoms with E-state index in [1.54, 1.807) is 0 Å². The van der Waals surface area contributed by atoms with Crippen LogP contribution in [0.4, 0.5) is 5.69 Å². The molecule has 6 nitrogen and oxygen atoms in total. The molecule has 0 unspecified atom stereocenters. The summed E-state index contributed by atoms with van der Waals surface area (Å²) in [6, 6.07) is 14.2. The van der Waals surface area contributed by atoms with E-state index in [9.17, 15) is 9.59 Å². The number of piperazine rings is 1. The Morgan fingerprint density at radius 1 is 1.06 bits per heavy atom. The monoisotopic (exact) mass is 462 g/mol. The number of aryl methyl sites for hydroxylation is 3. The minimum Gasteiger partial charge on any atom is -0.335 e. The molecule has 0 bridgehead atoms. The van der Waals surface area contributed by atoms with Gasteiger partial charge in [0.2, 0.25) is 5.91 Å². The first-order valence-corrected chi connectivity index (χ1v) is 12.2. The molecule has 33 heavy (non-hydrogen) atoms. The SMILES string of the molecule is CCc1ccccc1NC(=O)CN1CCN(C(=O)c2csc(-c3ccc(C)cc3C)n2)CC1. The molecule has 2 amide bonds. The molecule has 1 saturated heterocycles. The highest BCUT2D eigenvalue weighted by molar-refractivity contribution is 7.13. The van der Waals surface area contributed by atoms with Crippen molar-refractivity contribution in [3.8, 4) is 10.6 Å². The van der Waals surface area contributed by atoms with Crippen LogP contribution < -0.4 is 5.32 Å². The Kier molecular flexibility index (Phi) is 7.20. The maximum atomic E-state index is 13.0. The number of carbonyl (C=O) groups excluding carboxylic acids is 2. The number of carbonyl (C=O) groups is 2. The molecule has 0 radical (unpaired) electrons. The van der Waals surface area contributed by atoms with E-state index in [1.807, 2.05) is 34.5 Å². The molecule has 0 spiro atoms. The van der Waals surface area contributed by atoms with E-state index in [-0.39, 0.29) is 11.8 Å². The third-order valence-corrected chi connectivity index (χ3v) is 6.91. The van der Waals surface area contributed by atoms with Crippen LogP contribution in [-0.2, 0) is 11.2 Å². The predicted molar refractivity (Wildman–Crippen MR) is 134 cm³/mol. The molecule has 2 aromatic carbocycles. The van der Waals surface area contributed by atoms with Crippen LogP contribution in [-0.4, -0.2) is 59.3 Å². The molecule has 172 valence electrons. The molecule has 0 aliphatic carbocycles. The first-order chi connectivity index (χ1) is 15.9. The summed E-state index contributed by atoms with van der Waals surface area (Å²) in [5.74, 6) is -0.0588. The third-order valence-electron chi connectivity index (χ3n) is 6.03. The van der Waals surface area contributed by atoms with Gasteiger partial charge in [0.25, 0.3) is 5.91 Å². The van der Waals surface area contributed by atoms with Crippen LogP contribution in [0.1, 0.15) is 34.1 Å². The van der Waals surface area contributed by atoms with E-state index >= 15 is 0 Å². The summed E-state index contributed by atoms with van der Waals surface area (Å²) in [6.07, 6.45) is 0.874. The van der Waals surface area contributed by atoms with Crippen LogP contribution in [0, 0.1) is 13.8 Å². The number of nitrogens with zero attached hydrogens (tertiary/aromatic N) is 3. The minimum absolute atomic E-state index is 0.0201. The van der Waals surface area contributed by atoms with E-state index in [1.165, 1.54) is 16.9 Å². The van der Waals surface area contributed by atoms with Gasteiger partial charge in [-0.2, -0.15) is 0 Å². The number of hydrogen-bond acceptors (Lipinski definition) is 5. The van der Waals surface area contributed by atoms with Crippen LogP contribution in [0.5, 0.6) is 0 Å². The molecular weight excluding hydrogens is 432 g/mol. The van der Waals surface area contributed by atoms with Crippen LogP contribution in [0.25, 0.3) is 10.6 Å². The summed E-state index contributed by atoms with van der Waals surface area (Å²) < 4.78 is 0. The summed E-state index contributed by atoms with van der Waals surface area (Å²) in [4.78, 5) is 34.1. The second kappa shape index (κ2) is 10.3. The van der Waals surface area contributed by atoms with Crippen molar-refractivity contribution in [2.45, 2.75) is 27.2 Å². The molecule has 1 aliphatic rings. The normalized spacial score (nSPS) is 14.3. The maximum absolute atomic E-state index is 13.0. The lowest BCUT2D eigenvalue weighted by atomic mass is 10.1. The largest absolute Gasteiger partial charge is 0.335 e. The van der Waals surface area contributed by atoms with Crippen molar-refractivity contribution in [1.29, 1.82) is 0 Å². The Morgan fingerprint density at radius 3 is 2.55 bits per heavy atom. The van der Waals surface area contributed by atoms with Crippen LogP contribution in [0.3, 0.4) is 0 Å². The first kappa shape index (κ1) is 23.1. The minimum atomic E-state index is -0.0387. The van der Waals surface area contributed by atoms with Gasteiger partial charge in [0.1, 0.15) is 10.7 Å². The Morgan fingerprint density at radius 2 is 1.82 bits per heavy atom. The molecule has 4 rings (SSSR count). The van der Waals surface area contributed by atoms with Gasteiger partial charge >= 0.3 is 0 Å². The Labute approximate surface area is 199 Å². The highest BCUT2D eigenvalue weighted by atomic mass is 32.1. The second-order valence-electron chi connectivity index (χ2n) is 8.48. The van der Waals surface area contributed by atoms with Crippen molar-refractivity contribution in [1.82, 2.24) is 14.8 Å². The molecule has 1 fully saturated rings. The molecule has 3 aromatic rings. The first-order valence-electron chi connectivity index (χ1n) is 11.4. The molecule has 7 heteroatoms. The Balaban J connectivity index is 1.31. The highest BCUT2D eigenvalue weighted by Crippen LogP contribution is 2.28. The van der Waals surface area contributed by atoms with Gasteiger partial charge < -0.3 is 10.2 Å². The van der Waals surface area contributed by atoms with Crippen molar-refractivity contribution in [2.75, 3.05) is 38.0 Å². The van der Waals surface area contributed by atoms with Gasteiger partial charge in [0.15, 0.2) is 0 Å². The molecule has 0 saturated carbocycles. The number of nitrogens with one attached hydrogen (secondary N) is 1. The summed E-state index contributed by atoms with van der Waals surface area (Å²) in [7, 11) is 0. The molecule has 0 atom stereocenters. The van der Waals surface area contributed by atoms with Crippen LogP contribution in [0.15, 0.2) is 47.8 Å². The van der Waals surface area contributed by atoms with E-state index in [0.717, 1.165) is 33.8 Å². The molecule has 1 N–H and O–H groups in total. The maximum Gasteiger partial charge on any atom is 0.273 e. The highest BCUT2D eigenvalue weighted by Gasteiger charge is 2.25. The molecule has 1 aliphatic heterocycles. The Bertz CT molecular complexity index is 1150. The van der Waals surface area contributed by atoms with E-state index in [0.29, 0.717) is 38.4 Å². The lowest BCUT2D eigenvalue weighted by Crippen LogP contribution is -2.50. The number of hydrogen-bond donors (Lipinski definition) is 1. The quantitative estimate of drug-likeness (QED) is 0.590. The van der Waals surface area contributed by atoms with E-state index in [4.69, 9.17) is 0 Å². The number of aromatic nitrogens is 1. The number of thiazole rings is 1. The van der Waals surface area contributed by atoms with E-state index in [2.05, 4.69) is 54.2 Å². The summed E-state index contributed by atoms with van der Waals surface area (Å²) >= 11 is 1.51. The molecule has 1 aromatic heterocycles. The van der Waals surface area contributed by atoms with Crippen LogP contribution >= 0.6 is 11.3 Å². The van der Waals surface area contributed by atoms with Crippen molar-refractivity contribution >= 4 is 28.8 Å². The van der Waals surface area contributed by atoms with Crippen molar-refractivity contribution in [2.24, 2.45) is 0 Å². The third kappa shape index (κ3) is 5.49. The summed E-state index contributed by atoms with van der Waals surface area (Å²) in [6.45, 7) is 9.07. The van der Waals surface area contributed by atoms with Gasteiger partial charge in [-0.3, -0.25) is 14.5 Å². The summed E-state index contributed by atoms with van der Waals surface area (Å²) in [5, 5.41) is 5.75. The van der Waals surface area contributed by atoms with E-state index < -0.39 is 0 Å². The average Bonchev–Trinajstić information content (AvgIpc) is 3.29. The number of amides is 2. The lowest BCUT2D eigenvalue weighted by Gasteiger charge is -2.34. The fraction of sp³-hybridized carbons (Fsp3) is 0.346. The van der Waals surface area contributed by atoms with Gasteiger partial charge in [-0.05, 0) is 37.5 Å². The fourth-order valence-corrected chi connectivity index (χ4v) is 5.05. The number of rotatable bonds is 6. The summed E-state index contributed by atoms with van der Waals surface area (Å²) in [5.41, 5.74) is 5.95. The Hall–Kier alpha value is -3.03. The number of anilines is 1. The molecule has 2 heterocycles. The van der Waals surface area contributed by atoms with Crippen molar-refractivity contribution in [3.63, 3.8) is 0 Å². The number of para-hydroxylation sites is 1. The lowest BCUT2D eigenvalue weighted by molar-refractivity contribution is -0.117. The number of benzene rings is 2. The van der Waals surface area contributed by atoms with Gasteiger partial charge in [-0.1, -0.05) is 48.9 Å². The van der Waals surface area contributed by atoms with Crippen LogP contribution in [0.2, 0.25) is 0 Å². The van der Waals surface area contributed by atoms with Gasteiger partial charge in [-0.15, -0.1) is 11.3 Å². The van der Waals surface area contributed by atoms with Gasteiger partial charge in [0.05, 0.1) is 6.54 Å². The van der Waals surface area contributed by atoms with Crippen molar-refractivity contribution in [3.05, 3.63) is 70.2 Å². The van der Waals surface area contributed by atoms with Gasteiger partial charge in [0, 0.05) is 42.8 Å². The topological polar surface area (TPSA) is 65.5 Å². The standard InChI is InChI=1S/C26H30N4O2S/c1-4-20-7-5-6-8-22(20)27-24(31)16-29-11-13-30(14-12-29)26(32)23-17-33-25(28-23)21-10-9-18(2)15-19(21)3/h5-10,15,17H,4,11-14,16H2,1-3H3,(H,27,31). The zero-order chi connectivity index (χ0) is 23.4. The zero-order valence-corrected chi connectivity index (χ0v) is 20.2. The van der Waals surface area contributed by atoms with Crippen molar-refractivity contribution < 1.29 is 9.59 Å². The predicted octanol–water partition coefficient (Wildman–Crippen LogP) is 4.39. The second-order valence-corrected chi connectivity index (χ2v) is 9.34.